The molecule has 2 heterocycles. The highest BCUT2D eigenvalue weighted by molar-refractivity contribution is 7.15. The molecule has 4 rings (SSSR count). The number of anilines is 1. The van der Waals surface area contributed by atoms with Gasteiger partial charge in [-0.15, -0.1) is 0 Å². The largest absolute Gasteiger partial charge is 0.374 e. The maximum atomic E-state index is 6.22. The van der Waals surface area contributed by atoms with Crippen LogP contribution in [-0.4, -0.2) is 30.3 Å². The number of aromatic nitrogens is 1. The van der Waals surface area contributed by atoms with Crippen molar-refractivity contribution in [2.45, 2.75) is 56.7 Å². The Morgan fingerprint density at radius 2 is 2.21 bits per heavy atom. The molecule has 3 atom stereocenters. The number of hydrogen-bond acceptors (Lipinski definition) is 5. The molecule has 1 aliphatic heterocycles. The summed E-state index contributed by atoms with van der Waals surface area (Å²) in [5.41, 5.74) is 7.49. The summed E-state index contributed by atoms with van der Waals surface area (Å²) in [5.74, 6) is 0. The van der Waals surface area contributed by atoms with Crippen molar-refractivity contribution in [2.24, 2.45) is 5.73 Å². The van der Waals surface area contributed by atoms with E-state index in [1.54, 1.807) is 0 Å². The summed E-state index contributed by atoms with van der Waals surface area (Å²) >= 11 is 1.83. The number of rotatable bonds is 1. The number of morpholine rings is 1. The van der Waals surface area contributed by atoms with Gasteiger partial charge in [-0.3, -0.25) is 0 Å². The van der Waals surface area contributed by atoms with E-state index in [4.69, 9.17) is 15.5 Å². The quantitative estimate of drug-likeness (QED) is 0.856. The van der Waals surface area contributed by atoms with Crippen LogP contribution in [0.2, 0.25) is 0 Å². The predicted molar refractivity (Wildman–Crippen MR) is 76.7 cm³/mol. The van der Waals surface area contributed by atoms with Crippen molar-refractivity contribution in [3.05, 3.63) is 10.6 Å². The summed E-state index contributed by atoms with van der Waals surface area (Å²) in [4.78, 5) is 8.73. The number of nitrogens with zero attached hydrogens (tertiary/aromatic N) is 2. The summed E-state index contributed by atoms with van der Waals surface area (Å²) in [5, 5.41) is 1.20. The molecule has 0 aromatic carbocycles. The van der Waals surface area contributed by atoms with E-state index in [9.17, 15) is 0 Å². The summed E-state index contributed by atoms with van der Waals surface area (Å²) in [7, 11) is 0. The molecular weight excluding hydrogens is 258 g/mol. The monoisotopic (exact) mass is 279 g/mol. The van der Waals surface area contributed by atoms with Crippen molar-refractivity contribution < 1.29 is 4.74 Å². The number of fused-ring (bicyclic) bond motifs is 2. The molecule has 2 fully saturated rings. The summed E-state index contributed by atoms with van der Waals surface area (Å²) in [6.45, 7) is 1.83. The Balaban J connectivity index is 1.64. The Labute approximate surface area is 118 Å². The van der Waals surface area contributed by atoms with Gasteiger partial charge in [-0.25, -0.2) is 4.98 Å². The molecule has 1 saturated heterocycles. The van der Waals surface area contributed by atoms with Crippen molar-refractivity contribution in [2.75, 3.05) is 18.1 Å². The summed E-state index contributed by atoms with van der Waals surface area (Å²) < 4.78 is 5.89. The van der Waals surface area contributed by atoms with E-state index in [0.717, 1.165) is 26.0 Å². The van der Waals surface area contributed by atoms with E-state index >= 15 is 0 Å². The van der Waals surface area contributed by atoms with Crippen molar-refractivity contribution >= 4 is 16.5 Å². The van der Waals surface area contributed by atoms with E-state index in [2.05, 4.69) is 4.90 Å². The Bertz CT molecular complexity index is 475. The second-order valence-corrected chi connectivity index (χ2v) is 6.92. The van der Waals surface area contributed by atoms with Crippen LogP contribution in [0, 0.1) is 0 Å². The standard InChI is InChI=1S/C14H21N3OS/c15-9-3-1-4-10-13(9)19-14(16-10)17-7-8-18-12-6-2-5-11(12)17/h9,11-12H,1-8,15H2. The van der Waals surface area contributed by atoms with Gasteiger partial charge < -0.3 is 15.4 Å². The number of hydrogen-bond donors (Lipinski definition) is 1. The average molecular weight is 279 g/mol. The van der Waals surface area contributed by atoms with Crippen LogP contribution in [0.3, 0.4) is 0 Å². The fourth-order valence-electron chi connectivity index (χ4n) is 3.73. The molecule has 1 saturated carbocycles. The van der Waals surface area contributed by atoms with E-state index in [-0.39, 0.29) is 6.04 Å². The second-order valence-electron chi connectivity index (χ2n) is 5.91. The van der Waals surface area contributed by atoms with Crippen LogP contribution in [0.15, 0.2) is 0 Å². The van der Waals surface area contributed by atoms with Gasteiger partial charge in [0.15, 0.2) is 5.13 Å². The van der Waals surface area contributed by atoms with Gasteiger partial charge in [0.1, 0.15) is 0 Å². The molecule has 3 aliphatic rings. The molecule has 3 unspecified atom stereocenters. The van der Waals surface area contributed by atoms with Crippen molar-refractivity contribution in [1.82, 2.24) is 4.98 Å². The van der Waals surface area contributed by atoms with Gasteiger partial charge in [-0.1, -0.05) is 11.3 Å². The first-order chi connectivity index (χ1) is 9.33. The Morgan fingerprint density at radius 1 is 1.26 bits per heavy atom. The molecule has 5 heteroatoms. The molecule has 1 aromatic heterocycles. The van der Waals surface area contributed by atoms with Crippen molar-refractivity contribution in [3.63, 3.8) is 0 Å². The van der Waals surface area contributed by atoms with Gasteiger partial charge in [0.05, 0.1) is 24.4 Å². The highest BCUT2D eigenvalue weighted by atomic mass is 32.1. The maximum absolute atomic E-state index is 6.22. The van der Waals surface area contributed by atoms with Crippen LogP contribution < -0.4 is 10.6 Å². The number of aryl methyl sites for hydroxylation is 1. The van der Waals surface area contributed by atoms with Crippen LogP contribution in [0.4, 0.5) is 5.13 Å². The summed E-state index contributed by atoms with van der Waals surface area (Å²) in [6.07, 6.45) is 7.60. The normalized spacial score (nSPS) is 34.2. The molecule has 0 spiro atoms. The zero-order chi connectivity index (χ0) is 12.8. The minimum absolute atomic E-state index is 0.218. The Morgan fingerprint density at radius 3 is 3.11 bits per heavy atom. The highest BCUT2D eigenvalue weighted by Gasteiger charge is 2.38. The van der Waals surface area contributed by atoms with E-state index in [1.807, 2.05) is 11.3 Å². The lowest BCUT2D eigenvalue weighted by Crippen LogP contribution is -2.48. The lowest BCUT2D eigenvalue weighted by atomic mass is 9.99. The molecular formula is C14H21N3OS. The van der Waals surface area contributed by atoms with Crippen LogP contribution in [0.5, 0.6) is 0 Å². The third kappa shape index (κ3) is 1.99. The van der Waals surface area contributed by atoms with E-state index < -0.39 is 0 Å². The smallest absolute Gasteiger partial charge is 0.186 e. The minimum atomic E-state index is 0.218. The first-order valence-electron chi connectivity index (χ1n) is 7.46. The fraction of sp³-hybridized carbons (Fsp3) is 0.786. The average Bonchev–Trinajstić information content (AvgIpc) is 3.05. The lowest BCUT2D eigenvalue weighted by Gasteiger charge is -2.37. The molecule has 19 heavy (non-hydrogen) atoms. The molecule has 0 radical (unpaired) electrons. The molecule has 4 nitrogen and oxygen atoms in total. The van der Waals surface area contributed by atoms with E-state index in [0.29, 0.717) is 12.1 Å². The van der Waals surface area contributed by atoms with Crippen LogP contribution in [-0.2, 0) is 11.2 Å². The van der Waals surface area contributed by atoms with Gasteiger partial charge in [0.25, 0.3) is 0 Å². The van der Waals surface area contributed by atoms with Gasteiger partial charge in [-0.05, 0) is 38.5 Å². The first kappa shape index (κ1) is 12.1. The fourth-order valence-corrected chi connectivity index (χ4v) is 4.96. The van der Waals surface area contributed by atoms with Crippen LogP contribution in [0.1, 0.15) is 48.7 Å². The number of nitrogens with two attached hydrogens (primary N) is 1. The van der Waals surface area contributed by atoms with Crippen molar-refractivity contribution in [1.29, 1.82) is 0 Å². The third-order valence-corrected chi connectivity index (χ3v) is 5.98. The molecule has 2 aliphatic carbocycles. The topological polar surface area (TPSA) is 51.4 Å². The Hall–Kier alpha value is -0.650. The minimum Gasteiger partial charge on any atom is -0.374 e. The molecule has 0 bridgehead atoms. The van der Waals surface area contributed by atoms with E-state index in [1.165, 1.54) is 41.4 Å². The van der Waals surface area contributed by atoms with Crippen LogP contribution >= 0.6 is 11.3 Å². The summed E-state index contributed by atoms with van der Waals surface area (Å²) in [6, 6.07) is 0.771. The second kappa shape index (κ2) is 4.72. The molecule has 1 aromatic rings. The zero-order valence-electron chi connectivity index (χ0n) is 11.2. The first-order valence-corrected chi connectivity index (χ1v) is 8.28. The predicted octanol–water partition coefficient (Wildman–Crippen LogP) is 2.24. The lowest BCUT2D eigenvalue weighted by molar-refractivity contribution is 0.0256. The Kier molecular flexibility index (Phi) is 3.01. The van der Waals surface area contributed by atoms with Gasteiger partial charge in [0, 0.05) is 17.5 Å². The van der Waals surface area contributed by atoms with Crippen molar-refractivity contribution in [3.8, 4) is 0 Å². The molecule has 2 N–H and O–H groups in total. The van der Waals surface area contributed by atoms with Crippen LogP contribution in [0.25, 0.3) is 0 Å². The highest BCUT2D eigenvalue weighted by Crippen LogP contribution is 2.40. The third-order valence-electron chi connectivity index (χ3n) is 4.71. The zero-order valence-corrected chi connectivity index (χ0v) is 12.0. The SMILES string of the molecule is NC1CCCc2nc(N3CCOC4CCCC43)sc21. The number of ether oxygens (including phenoxy) is 1. The van der Waals surface area contributed by atoms with Gasteiger partial charge >= 0.3 is 0 Å². The number of thiazole rings is 1. The maximum Gasteiger partial charge on any atom is 0.186 e. The molecule has 104 valence electrons. The van der Waals surface area contributed by atoms with Gasteiger partial charge in [0.2, 0.25) is 0 Å². The van der Waals surface area contributed by atoms with Gasteiger partial charge in [-0.2, -0.15) is 0 Å². The molecule has 0 amide bonds.